The summed E-state index contributed by atoms with van der Waals surface area (Å²) in [4.78, 5) is 0. The molecule has 0 saturated heterocycles. The molecule has 1 aromatic carbocycles. The molecule has 92 valence electrons. The van der Waals surface area contributed by atoms with E-state index in [1.54, 1.807) is 18.2 Å². The second-order valence-corrected chi connectivity index (χ2v) is 6.08. The summed E-state index contributed by atoms with van der Waals surface area (Å²) in [5, 5.41) is 11.8. The number of benzene rings is 1. The fourth-order valence-electron chi connectivity index (χ4n) is 1.34. The Morgan fingerprint density at radius 1 is 1.47 bits per heavy atom. The molecule has 1 aromatic rings. The van der Waals surface area contributed by atoms with Gasteiger partial charge < -0.3 is 11.1 Å². The van der Waals surface area contributed by atoms with Gasteiger partial charge in [-0.2, -0.15) is 5.26 Å². The number of rotatable bonds is 5. The number of nitrogen functional groups attached to an aromatic ring is 1. The number of sulfone groups is 1. The summed E-state index contributed by atoms with van der Waals surface area (Å²) < 4.78 is 21.8. The molecule has 0 radical (unpaired) electrons. The summed E-state index contributed by atoms with van der Waals surface area (Å²) >= 11 is 0. The highest BCUT2D eigenvalue weighted by atomic mass is 32.2. The first-order valence-corrected chi connectivity index (χ1v) is 7.19. The van der Waals surface area contributed by atoms with Crippen LogP contribution < -0.4 is 11.1 Å². The van der Waals surface area contributed by atoms with Gasteiger partial charge >= 0.3 is 0 Å². The molecule has 0 unspecified atom stereocenters. The van der Waals surface area contributed by atoms with E-state index in [2.05, 4.69) is 5.32 Å². The van der Waals surface area contributed by atoms with Crippen LogP contribution in [0.1, 0.15) is 12.0 Å². The van der Waals surface area contributed by atoms with Gasteiger partial charge in [-0.3, -0.25) is 0 Å². The lowest BCUT2D eigenvalue weighted by Gasteiger charge is -2.09. The van der Waals surface area contributed by atoms with Crippen molar-refractivity contribution in [2.24, 2.45) is 0 Å². The number of hydrogen-bond acceptors (Lipinski definition) is 5. The third-order valence-electron chi connectivity index (χ3n) is 2.19. The van der Waals surface area contributed by atoms with Crippen molar-refractivity contribution in [2.75, 3.05) is 29.6 Å². The minimum absolute atomic E-state index is 0.137. The van der Waals surface area contributed by atoms with Crippen LogP contribution in [0.2, 0.25) is 0 Å². The van der Waals surface area contributed by atoms with Crippen molar-refractivity contribution in [1.82, 2.24) is 0 Å². The van der Waals surface area contributed by atoms with Crippen LogP contribution in [0.25, 0.3) is 0 Å². The quantitative estimate of drug-likeness (QED) is 0.602. The van der Waals surface area contributed by atoms with Gasteiger partial charge in [0.25, 0.3) is 0 Å². The zero-order chi connectivity index (χ0) is 12.9. The minimum Gasteiger partial charge on any atom is -0.397 e. The zero-order valence-corrected chi connectivity index (χ0v) is 10.4. The predicted octanol–water partition coefficient (Wildman–Crippen LogP) is 0.987. The molecule has 17 heavy (non-hydrogen) atoms. The maximum Gasteiger partial charge on any atom is 0.147 e. The van der Waals surface area contributed by atoms with Gasteiger partial charge in [-0.05, 0) is 24.6 Å². The van der Waals surface area contributed by atoms with Crippen molar-refractivity contribution >= 4 is 21.2 Å². The van der Waals surface area contributed by atoms with E-state index < -0.39 is 9.84 Å². The molecule has 0 spiro atoms. The van der Waals surface area contributed by atoms with Gasteiger partial charge in [-0.1, -0.05) is 0 Å². The third-order valence-corrected chi connectivity index (χ3v) is 3.22. The molecule has 1 rings (SSSR count). The summed E-state index contributed by atoms with van der Waals surface area (Å²) in [7, 11) is -2.93. The highest BCUT2D eigenvalue weighted by Gasteiger charge is 2.03. The van der Waals surface area contributed by atoms with Crippen molar-refractivity contribution in [3.8, 4) is 6.07 Å². The second-order valence-electron chi connectivity index (χ2n) is 3.82. The monoisotopic (exact) mass is 253 g/mol. The topological polar surface area (TPSA) is 96.0 Å². The Hall–Kier alpha value is -1.74. The molecule has 0 atom stereocenters. The molecule has 0 bridgehead atoms. The lowest BCUT2D eigenvalue weighted by molar-refractivity contribution is 0.600. The van der Waals surface area contributed by atoms with E-state index in [9.17, 15) is 8.42 Å². The van der Waals surface area contributed by atoms with E-state index in [4.69, 9.17) is 11.0 Å². The molecule has 3 N–H and O–H groups in total. The Morgan fingerprint density at radius 3 is 2.76 bits per heavy atom. The van der Waals surface area contributed by atoms with Crippen LogP contribution in [-0.4, -0.2) is 27.0 Å². The van der Waals surface area contributed by atoms with Crippen LogP contribution in [0, 0.1) is 11.3 Å². The van der Waals surface area contributed by atoms with Crippen LogP contribution in [-0.2, 0) is 9.84 Å². The lowest BCUT2D eigenvalue weighted by Crippen LogP contribution is -2.10. The fourth-order valence-corrected chi connectivity index (χ4v) is 2.01. The summed E-state index contributed by atoms with van der Waals surface area (Å²) in [6, 6.07) is 6.95. The average Bonchev–Trinajstić information content (AvgIpc) is 2.25. The van der Waals surface area contributed by atoms with Gasteiger partial charge in [0, 0.05) is 12.8 Å². The Labute approximate surface area is 101 Å². The Morgan fingerprint density at radius 2 is 2.18 bits per heavy atom. The van der Waals surface area contributed by atoms with Gasteiger partial charge in [0.2, 0.25) is 0 Å². The first-order valence-electron chi connectivity index (χ1n) is 5.13. The van der Waals surface area contributed by atoms with Crippen LogP contribution >= 0.6 is 0 Å². The van der Waals surface area contributed by atoms with Crippen molar-refractivity contribution in [3.63, 3.8) is 0 Å². The molecule has 0 aromatic heterocycles. The average molecular weight is 253 g/mol. The maximum atomic E-state index is 10.9. The molecular weight excluding hydrogens is 238 g/mol. The fraction of sp³-hybridized carbons (Fsp3) is 0.364. The molecule has 0 aliphatic heterocycles. The van der Waals surface area contributed by atoms with Crippen molar-refractivity contribution in [2.45, 2.75) is 6.42 Å². The van der Waals surface area contributed by atoms with Crippen LogP contribution in [0.15, 0.2) is 18.2 Å². The molecular formula is C11H15N3O2S. The number of anilines is 2. The summed E-state index contributed by atoms with van der Waals surface area (Å²) in [6.07, 6.45) is 1.71. The summed E-state index contributed by atoms with van der Waals surface area (Å²) in [5.41, 5.74) is 7.45. The van der Waals surface area contributed by atoms with Crippen LogP contribution in [0.4, 0.5) is 11.4 Å². The van der Waals surface area contributed by atoms with Gasteiger partial charge in [0.05, 0.1) is 28.8 Å². The molecule has 0 fully saturated rings. The molecule has 0 amide bonds. The van der Waals surface area contributed by atoms with Gasteiger partial charge in [-0.15, -0.1) is 0 Å². The van der Waals surface area contributed by atoms with E-state index in [-0.39, 0.29) is 5.75 Å². The van der Waals surface area contributed by atoms with Gasteiger partial charge in [0.15, 0.2) is 0 Å². The second kappa shape index (κ2) is 5.55. The highest BCUT2D eigenvalue weighted by molar-refractivity contribution is 7.90. The first kappa shape index (κ1) is 13.3. The number of nitrogens with two attached hydrogens (primary N) is 1. The molecule has 0 heterocycles. The number of hydrogen-bond donors (Lipinski definition) is 2. The lowest BCUT2D eigenvalue weighted by atomic mass is 10.2. The smallest absolute Gasteiger partial charge is 0.147 e. The predicted molar refractivity (Wildman–Crippen MR) is 68.4 cm³/mol. The van der Waals surface area contributed by atoms with E-state index in [1.807, 2.05) is 6.07 Å². The Bertz CT molecular complexity index is 532. The molecule has 0 aliphatic rings. The van der Waals surface area contributed by atoms with Crippen molar-refractivity contribution in [3.05, 3.63) is 23.8 Å². The molecule has 6 heteroatoms. The Balaban J connectivity index is 2.55. The van der Waals surface area contributed by atoms with E-state index in [1.165, 1.54) is 6.26 Å². The first-order chi connectivity index (χ1) is 7.92. The SMILES string of the molecule is CS(=O)(=O)CCCNc1cc(C#N)ccc1N. The number of nitrogens with zero attached hydrogens (tertiary/aromatic N) is 1. The zero-order valence-electron chi connectivity index (χ0n) is 9.60. The van der Waals surface area contributed by atoms with Crippen LogP contribution in [0.3, 0.4) is 0 Å². The normalized spacial score (nSPS) is 10.8. The number of nitrogens with one attached hydrogen (secondary N) is 1. The van der Waals surface area contributed by atoms with Crippen molar-refractivity contribution < 1.29 is 8.42 Å². The van der Waals surface area contributed by atoms with Gasteiger partial charge in [-0.25, -0.2) is 8.42 Å². The minimum atomic E-state index is -2.93. The largest absolute Gasteiger partial charge is 0.397 e. The standard InChI is InChI=1S/C11H15N3O2S/c1-17(15,16)6-2-5-14-11-7-9(8-12)3-4-10(11)13/h3-4,7,14H,2,5-6,13H2,1H3. The Kier molecular flexibility index (Phi) is 4.35. The molecule has 0 saturated carbocycles. The summed E-state index contributed by atoms with van der Waals surface area (Å²) in [6.45, 7) is 0.506. The van der Waals surface area contributed by atoms with Crippen LogP contribution in [0.5, 0.6) is 0 Å². The highest BCUT2D eigenvalue weighted by Crippen LogP contribution is 2.19. The van der Waals surface area contributed by atoms with Crippen molar-refractivity contribution in [1.29, 1.82) is 5.26 Å². The number of nitriles is 1. The van der Waals surface area contributed by atoms with E-state index in [0.717, 1.165) is 0 Å². The van der Waals surface area contributed by atoms with E-state index >= 15 is 0 Å². The summed E-state index contributed by atoms with van der Waals surface area (Å²) in [5.74, 6) is 0.137. The van der Waals surface area contributed by atoms with E-state index in [0.29, 0.717) is 29.9 Å². The molecule has 0 aliphatic carbocycles. The van der Waals surface area contributed by atoms with Gasteiger partial charge in [0.1, 0.15) is 9.84 Å². The third kappa shape index (κ3) is 4.74. The maximum absolute atomic E-state index is 10.9. The molecule has 5 nitrogen and oxygen atoms in total.